The molecule has 0 aliphatic rings. The highest BCUT2D eigenvalue weighted by atomic mass is 16.6. The van der Waals surface area contributed by atoms with E-state index in [1.54, 1.807) is 24.3 Å². The molecule has 7 nitrogen and oxygen atoms in total. The van der Waals surface area contributed by atoms with Gasteiger partial charge in [0.1, 0.15) is 17.2 Å². The maximum Gasteiger partial charge on any atom is 0.270 e. The van der Waals surface area contributed by atoms with Gasteiger partial charge in [0.2, 0.25) is 0 Å². The van der Waals surface area contributed by atoms with Crippen molar-refractivity contribution in [3.63, 3.8) is 0 Å². The molecule has 136 valence electrons. The average molecular weight is 364 g/mol. The lowest BCUT2D eigenvalue weighted by atomic mass is 10.1. The Morgan fingerprint density at radius 3 is 2.26 bits per heavy atom. The minimum absolute atomic E-state index is 0.0799. The summed E-state index contributed by atoms with van der Waals surface area (Å²) in [6.07, 6.45) is 0. The zero-order chi connectivity index (χ0) is 19.2. The van der Waals surface area contributed by atoms with Gasteiger partial charge in [-0.3, -0.25) is 14.9 Å². The van der Waals surface area contributed by atoms with E-state index in [2.05, 4.69) is 5.32 Å². The molecular formula is C20H16N2O5. The second-order valence-electron chi connectivity index (χ2n) is 5.54. The highest BCUT2D eigenvalue weighted by Crippen LogP contribution is 2.26. The molecule has 0 bridgehead atoms. The molecule has 0 aliphatic carbocycles. The molecule has 0 aliphatic heterocycles. The Balaban J connectivity index is 1.74. The van der Waals surface area contributed by atoms with Crippen LogP contribution in [-0.2, 0) is 0 Å². The predicted molar refractivity (Wildman–Crippen MR) is 101 cm³/mol. The van der Waals surface area contributed by atoms with Crippen LogP contribution < -0.4 is 14.8 Å². The van der Waals surface area contributed by atoms with Gasteiger partial charge >= 0.3 is 0 Å². The quantitative estimate of drug-likeness (QED) is 0.508. The monoisotopic (exact) mass is 364 g/mol. The first-order valence-electron chi connectivity index (χ1n) is 8.03. The first-order valence-corrected chi connectivity index (χ1v) is 8.03. The number of rotatable bonds is 6. The average Bonchev–Trinajstić information content (AvgIpc) is 2.69. The second kappa shape index (κ2) is 8.01. The highest BCUT2D eigenvalue weighted by molar-refractivity contribution is 6.06. The van der Waals surface area contributed by atoms with Crippen LogP contribution >= 0.6 is 0 Å². The zero-order valence-electron chi connectivity index (χ0n) is 14.4. The number of nitrogens with one attached hydrogen (secondary N) is 1. The van der Waals surface area contributed by atoms with Crippen LogP contribution in [-0.4, -0.2) is 17.9 Å². The Labute approximate surface area is 155 Å². The molecule has 3 aromatic rings. The fraction of sp³-hybridized carbons (Fsp3) is 0.0500. The molecule has 0 radical (unpaired) electrons. The number of non-ortho nitro benzene ring substituents is 1. The summed E-state index contributed by atoms with van der Waals surface area (Å²) in [5.41, 5.74) is 0.415. The van der Waals surface area contributed by atoms with Crippen LogP contribution in [0, 0.1) is 10.1 Å². The number of hydrogen-bond donors (Lipinski definition) is 1. The number of methoxy groups -OCH3 is 1. The molecule has 0 unspecified atom stereocenters. The van der Waals surface area contributed by atoms with Crippen molar-refractivity contribution in [1.29, 1.82) is 0 Å². The number of amides is 1. The van der Waals surface area contributed by atoms with Crippen LogP contribution in [0.25, 0.3) is 0 Å². The molecule has 0 atom stereocenters. The third-order valence-corrected chi connectivity index (χ3v) is 3.73. The Hall–Kier alpha value is -3.87. The van der Waals surface area contributed by atoms with Crippen LogP contribution in [0.4, 0.5) is 11.4 Å². The van der Waals surface area contributed by atoms with Gasteiger partial charge in [-0.15, -0.1) is 0 Å². The first-order chi connectivity index (χ1) is 13.1. The molecule has 1 N–H and O–H groups in total. The molecule has 1 amide bonds. The molecule has 0 spiro atoms. The number of nitro groups is 1. The van der Waals surface area contributed by atoms with Crippen molar-refractivity contribution < 1.29 is 19.2 Å². The van der Waals surface area contributed by atoms with E-state index < -0.39 is 10.8 Å². The Morgan fingerprint density at radius 1 is 0.963 bits per heavy atom. The van der Waals surface area contributed by atoms with Crippen LogP contribution in [0.15, 0.2) is 72.8 Å². The molecule has 0 saturated heterocycles. The summed E-state index contributed by atoms with van der Waals surface area (Å²) in [6, 6.07) is 20.0. The largest absolute Gasteiger partial charge is 0.496 e. The van der Waals surface area contributed by atoms with Crippen molar-refractivity contribution >= 4 is 17.3 Å². The molecule has 7 heteroatoms. The summed E-state index contributed by atoms with van der Waals surface area (Å²) in [7, 11) is 1.40. The van der Waals surface area contributed by atoms with E-state index in [1.807, 2.05) is 30.3 Å². The van der Waals surface area contributed by atoms with Crippen LogP contribution in [0.3, 0.4) is 0 Å². The van der Waals surface area contributed by atoms with Crippen molar-refractivity contribution in [2.45, 2.75) is 0 Å². The number of carbonyl (C=O) groups is 1. The van der Waals surface area contributed by atoms with E-state index in [-0.39, 0.29) is 17.0 Å². The number of benzene rings is 3. The van der Waals surface area contributed by atoms with E-state index in [0.717, 1.165) is 0 Å². The fourth-order valence-electron chi connectivity index (χ4n) is 2.42. The van der Waals surface area contributed by atoms with Gasteiger partial charge in [0.25, 0.3) is 11.6 Å². The molecule has 0 saturated carbocycles. The van der Waals surface area contributed by atoms with E-state index >= 15 is 0 Å². The lowest BCUT2D eigenvalue weighted by Crippen LogP contribution is -2.13. The third-order valence-electron chi connectivity index (χ3n) is 3.73. The number of nitrogens with zero attached hydrogens (tertiary/aromatic N) is 1. The number of anilines is 1. The van der Waals surface area contributed by atoms with Crippen LogP contribution in [0.1, 0.15) is 10.4 Å². The van der Waals surface area contributed by atoms with Gasteiger partial charge in [-0.05, 0) is 42.5 Å². The molecule has 3 rings (SSSR count). The lowest BCUT2D eigenvalue weighted by Gasteiger charge is -2.10. The van der Waals surface area contributed by atoms with Crippen molar-refractivity contribution in [1.82, 2.24) is 0 Å². The smallest absolute Gasteiger partial charge is 0.270 e. The summed E-state index contributed by atoms with van der Waals surface area (Å²) in [5.74, 6) is 1.07. The first kappa shape index (κ1) is 17.9. The number of carbonyl (C=O) groups excluding carboxylic acids is 1. The molecule has 0 aromatic heterocycles. The molecule has 27 heavy (non-hydrogen) atoms. The maximum atomic E-state index is 12.5. The maximum absolute atomic E-state index is 12.5. The summed E-state index contributed by atoms with van der Waals surface area (Å²) in [6.45, 7) is 0. The normalized spacial score (nSPS) is 10.1. The Bertz CT molecular complexity index is 956. The van der Waals surface area contributed by atoms with Gasteiger partial charge in [-0.2, -0.15) is 0 Å². The van der Waals surface area contributed by atoms with Crippen LogP contribution in [0.5, 0.6) is 17.2 Å². The van der Waals surface area contributed by atoms with Gasteiger partial charge in [-0.1, -0.05) is 18.2 Å². The van der Waals surface area contributed by atoms with Crippen molar-refractivity contribution in [2.24, 2.45) is 0 Å². The van der Waals surface area contributed by atoms with E-state index in [4.69, 9.17) is 9.47 Å². The third kappa shape index (κ3) is 4.40. The lowest BCUT2D eigenvalue weighted by molar-refractivity contribution is -0.384. The van der Waals surface area contributed by atoms with Crippen molar-refractivity contribution in [3.05, 3.63) is 88.5 Å². The van der Waals surface area contributed by atoms with E-state index in [9.17, 15) is 14.9 Å². The Morgan fingerprint density at radius 2 is 1.63 bits per heavy atom. The summed E-state index contributed by atoms with van der Waals surface area (Å²) < 4.78 is 10.8. The predicted octanol–water partition coefficient (Wildman–Crippen LogP) is 4.65. The molecule has 3 aromatic carbocycles. The van der Waals surface area contributed by atoms with Crippen LogP contribution in [0.2, 0.25) is 0 Å². The topological polar surface area (TPSA) is 90.7 Å². The summed E-state index contributed by atoms with van der Waals surface area (Å²) in [5, 5.41) is 13.6. The standard InChI is InChI=1S/C20H16N2O5/c1-26-19-12-9-15(22(24)25)13-18(19)20(23)21-14-7-10-17(11-8-14)27-16-5-3-2-4-6-16/h2-13H,1H3,(H,21,23). The number of ether oxygens (including phenoxy) is 2. The Kier molecular flexibility index (Phi) is 5.32. The van der Waals surface area contributed by atoms with Gasteiger partial charge < -0.3 is 14.8 Å². The van der Waals surface area contributed by atoms with Crippen molar-refractivity contribution in [3.8, 4) is 17.2 Å². The number of nitro benzene ring substituents is 1. The summed E-state index contributed by atoms with van der Waals surface area (Å²) >= 11 is 0. The SMILES string of the molecule is COc1ccc([N+](=O)[O-])cc1C(=O)Nc1ccc(Oc2ccccc2)cc1. The molecule has 0 heterocycles. The number of hydrogen-bond acceptors (Lipinski definition) is 5. The van der Waals surface area contributed by atoms with Crippen molar-refractivity contribution in [2.75, 3.05) is 12.4 Å². The van der Waals surface area contributed by atoms with Gasteiger partial charge in [-0.25, -0.2) is 0 Å². The van der Waals surface area contributed by atoms with E-state index in [1.165, 1.54) is 25.3 Å². The highest BCUT2D eigenvalue weighted by Gasteiger charge is 2.17. The minimum Gasteiger partial charge on any atom is -0.496 e. The molecule has 0 fully saturated rings. The second-order valence-corrected chi connectivity index (χ2v) is 5.54. The zero-order valence-corrected chi connectivity index (χ0v) is 14.4. The number of para-hydroxylation sites is 1. The fourth-order valence-corrected chi connectivity index (χ4v) is 2.42. The van der Waals surface area contributed by atoms with E-state index in [0.29, 0.717) is 17.2 Å². The summed E-state index contributed by atoms with van der Waals surface area (Å²) in [4.78, 5) is 22.9. The van der Waals surface area contributed by atoms with Gasteiger partial charge in [0.15, 0.2) is 0 Å². The van der Waals surface area contributed by atoms with Gasteiger partial charge in [0.05, 0.1) is 17.6 Å². The minimum atomic E-state index is -0.564. The molecular weight excluding hydrogens is 348 g/mol. The van der Waals surface area contributed by atoms with Gasteiger partial charge in [0, 0.05) is 17.8 Å².